The summed E-state index contributed by atoms with van der Waals surface area (Å²) in [6.45, 7) is 2.16. The van der Waals surface area contributed by atoms with E-state index >= 15 is 0 Å². The molecule has 1 fully saturated rings. The lowest BCUT2D eigenvalue weighted by atomic mass is 9.68. The molecule has 1 aliphatic carbocycles. The highest BCUT2D eigenvalue weighted by atomic mass is 19.2. The van der Waals surface area contributed by atoms with Crippen LogP contribution in [0.5, 0.6) is 0 Å². The molecule has 3 heteroatoms. The first kappa shape index (κ1) is 14.0. The Morgan fingerprint density at radius 2 is 2.00 bits per heavy atom. The predicted molar refractivity (Wildman–Crippen MR) is 70.4 cm³/mol. The van der Waals surface area contributed by atoms with Crippen LogP contribution in [0, 0.1) is 34.3 Å². The number of hydrogen-bond donors (Lipinski definition) is 0. The molecule has 1 saturated carbocycles. The fourth-order valence-corrected chi connectivity index (χ4v) is 3.02. The molecule has 19 heavy (non-hydrogen) atoms. The molecular formula is C16H19F2N. The summed E-state index contributed by atoms with van der Waals surface area (Å²) in [6, 6.07) is 6.58. The van der Waals surface area contributed by atoms with Crippen LogP contribution in [-0.4, -0.2) is 0 Å². The molecule has 1 aromatic rings. The van der Waals surface area contributed by atoms with Gasteiger partial charge in [-0.05, 0) is 49.7 Å². The van der Waals surface area contributed by atoms with E-state index in [-0.39, 0.29) is 0 Å². The lowest BCUT2D eigenvalue weighted by molar-refractivity contribution is 0.203. The molecule has 0 bridgehead atoms. The van der Waals surface area contributed by atoms with Crippen molar-refractivity contribution in [3.05, 3.63) is 35.4 Å². The summed E-state index contributed by atoms with van der Waals surface area (Å²) < 4.78 is 26.9. The topological polar surface area (TPSA) is 23.8 Å². The molecule has 0 unspecified atom stereocenters. The average Bonchev–Trinajstić information content (AvgIpc) is 2.45. The fraction of sp³-hybridized carbons (Fsp3) is 0.562. The van der Waals surface area contributed by atoms with E-state index in [1.165, 1.54) is 6.07 Å². The Morgan fingerprint density at radius 1 is 1.32 bits per heavy atom. The minimum Gasteiger partial charge on any atom is -0.204 e. The van der Waals surface area contributed by atoms with Crippen LogP contribution in [0.15, 0.2) is 18.2 Å². The molecule has 0 amide bonds. The SMILES string of the molecule is CCC1CCC(C#N)(Cc2cccc(F)c2F)CC1. The highest BCUT2D eigenvalue weighted by Crippen LogP contribution is 2.42. The number of hydrogen-bond acceptors (Lipinski definition) is 1. The van der Waals surface area contributed by atoms with E-state index in [0.29, 0.717) is 17.9 Å². The lowest BCUT2D eigenvalue weighted by Crippen LogP contribution is -2.28. The predicted octanol–water partition coefficient (Wildman–Crippen LogP) is 4.62. The normalized spacial score (nSPS) is 26.9. The molecule has 0 aromatic heterocycles. The van der Waals surface area contributed by atoms with Crippen molar-refractivity contribution in [1.29, 1.82) is 5.26 Å². The third kappa shape index (κ3) is 2.94. The third-order valence-corrected chi connectivity index (χ3v) is 4.44. The molecular weight excluding hydrogens is 244 g/mol. The molecule has 102 valence electrons. The minimum absolute atomic E-state index is 0.323. The average molecular weight is 263 g/mol. The Kier molecular flexibility index (Phi) is 4.19. The molecule has 1 nitrogen and oxygen atoms in total. The quantitative estimate of drug-likeness (QED) is 0.780. The highest BCUT2D eigenvalue weighted by Gasteiger charge is 2.36. The van der Waals surface area contributed by atoms with Gasteiger partial charge in [-0.2, -0.15) is 5.26 Å². The van der Waals surface area contributed by atoms with Crippen LogP contribution < -0.4 is 0 Å². The third-order valence-electron chi connectivity index (χ3n) is 4.44. The minimum atomic E-state index is -0.826. The molecule has 2 rings (SSSR count). The van der Waals surface area contributed by atoms with Crippen molar-refractivity contribution in [2.45, 2.75) is 45.4 Å². The highest BCUT2D eigenvalue weighted by molar-refractivity contribution is 5.23. The monoisotopic (exact) mass is 263 g/mol. The van der Waals surface area contributed by atoms with Crippen LogP contribution in [0.3, 0.4) is 0 Å². The Hall–Kier alpha value is -1.43. The molecule has 0 heterocycles. The van der Waals surface area contributed by atoms with E-state index in [1.807, 2.05) is 0 Å². The molecule has 0 radical (unpaired) electrons. The van der Waals surface area contributed by atoms with E-state index < -0.39 is 17.0 Å². The van der Waals surface area contributed by atoms with Crippen molar-refractivity contribution in [1.82, 2.24) is 0 Å². The summed E-state index contributed by atoms with van der Waals surface area (Å²) in [5.74, 6) is -0.943. The maximum absolute atomic E-state index is 13.7. The molecule has 1 aromatic carbocycles. The number of nitriles is 1. The summed E-state index contributed by atoms with van der Waals surface area (Å²) in [6.07, 6.45) is 5.07. The second-order valence-electron chi connectivity index (χ2n) is 5.63. The molecule has 0 aliphatic heterocycles. The van der Waals surface area contributed by atoms with Gasteiger partial charge in [0, 0.05) is 0 Å². The van der Waals surface area contributed by atoms with Crippen LogP contribution in [0.4, 0.5) is 8.78 Å². The Morgan fingerprint density at radius 3 is 2.58 bits per heavy atom. The van der Waals surface area contributed by atoms with E-state index in [2.05, 4.69) is 13.0 Å². The maximum atomic E-state index is 13.7. The van der Waals surface area contributed by atoms with Gasteiger partial charge in [-0.25, -0.2) is 8.78 Å². The van der Waals surface area contributed by atoms with Crippen LogP contribution in [0.1, 0.15) is 44.6 Å². The van der Waals surface area contributed by atoms with Crippen molar-refractivity contribution in [2.75, 3.05) is 0 Å². The summed E-state index contributed by atoms with van der Waals surface area (Å²) in [4.78, 5) is 0. The molecule has 0 N–H and O–H groups in total. The van der Waals surface area contributed by atoms with Gasteiger partial charge in [-0.15, -0.1) is 0 Å². The Labute approximate surface area is 113 Å². The smallest absolute Gasteiger partial charge is 0.162 e. The first-order valence-corrected chi connectivity index (χ1v) is 6.94. The van der Waals surface area contributed by atoms with Crippen molar-refractivity contribution < 1.29 is 8.78 Å². The molecule has 0 saturated heterocycles. The summed E-state index contributed by atoms with van der Waals surface area (Å²) in [5, 5.41) is 9.46. The molecule has 1 aliphatic rings. The van der Waals surface area contributed by atoms with Gasteiger partial charge in [0.05, 0.1) is 11.5 Å². The largest absolute Gasteiger partial charge is 0.204 e. The van der Waals surface area contributed by atoms with Crippen LogP contribution in [0.2, 0.25) is 0 Å². The van der Waals surface area contributed by atoms with E-state index in [0.717, 1.165) is 38.2 Å². The number of nitrogens with zero attached hydrogens (tertiary/aromatic N) is 1. The first-order chi connectivity index (χ1) is 9.10. The van der Waals surface area contributed by atoms with E-state index in [9.17, 15) is 14.0 Å². The van der Waals surface area contributed by atoms with Crippen molar-refractivity contribution in [3.63, 3.8) is 0 Å². The summed E-state index contributed by atoms with van der Waals surface area (Å²) in [7, 11) is 0. The van der Waals surface area contributed by atoms with Gasteiger partial charge < -0.3 is 0 Å². The Balaban J connectivity index is 2.16. The fourth-order valence-electron chi connectivity index (χ4n) is 3.02. The van der Waals surface area contributed by atoms with Gasteiger partial charge >= 0.3 is 0 Å². The van der Waals surface area contributed by atoms with Crippen molar-refractivity contribution in [2.24, 2.45) is 11.3 Å². The standard InChI is InChI=1S/C16H19F2N/c1-2-12-6-8-16(11-19,9-7-12)10-13-4-3-5-14(17)15(13)18/h3-5,12H,2,6-10H2,1H3. The zero-order chi connectivity index (χ0) is 13.9. The summed E-state index contributed by atoms with van der Waals surface area (Å²) in [5.41, 5.74) is -0.183. The van der Waals surface area contributed by atoms with Crippen LogP contribution >= 0.6 is 0 Å². The zero-order valence-corrected chi connectivity index (χ0v) is 11.3. The van der Waals surface area contributed by atoms with E-state index in [4.69, 9.17) is 0 Å². The van der Waals surface area contributed by atoms with Crippen molar-refractivity contribution >= 4 is 0 Å². The lowest BCUT2D eigenvalue weighted by Gasteiger charge is -2.34. The van der Waals surface area contributed by atoms with Gasteiger partial charge in [-0.1, -0.05) is 25.5 Å². The maximum Gasteiger partial charge on any atom is 0.162 e. The van der Waals surface area contributed by atoms with Crippen LogP contribution in [-0.2, 0) is 6.42 Å². The summed E-state index contributed by atoms with van der Waals surface area (Å²) >= 11 is 0. The number of halogens is 2. The van der Waals surface area contributed by atoms with Crippen molar-refractivity contribution in [3.8, 4) is 6.07 Å². The van der Waals surface area contributed by atoms with Gasteiger partial charge in [0.25, 0.3) is 0 Å². The van der Waals surface area contributed by atoms with Crippen LogP contribution in [0.25, 0.3) is 0 Å². The Bertz CT molecular complexity index is 482. The zero-order valence-electron chi connectivity index (χ0n) is 11.3. The van der Waals surface area contributed by atoms with Gasteiger partial charge in [0.2, 0.25) is 0 Å². The van der Waals surface area contributed by atoms with Gasteiger partial charge in [0.1, 0.15) is 0 Å². The van der Waals surface area contributed by atoms with E-state index in [1.54, 1.807) is 6.07 Å². The second kappa shape index (κ2) is 5.69. The first-order valence-electron chi connectivity index (χ1n) is 6.94. The molecule has 0 spiro atoms. The number of benzene rings is 1. The second-order valence-corrected chi connectivity index (χ2v) is 5.63. The molecule has 0 atom stereocenters. The number of rotatable bonds is 3. The van der Waals surface area contributed by atoms with Gasteiger partial charge in [-0.3, -0.25) is 0 Å². The van der Waals surface area contributed by atoms with Gasteiger partial charge in [0.15, 0.2) is 11.6 Å².